The Morgan fingerprint density at radius 1 is 1.15 bits per heavy atom. The van der Waals surface area contributed by atoms with E-state index in [1.165, 1.54) is 6.07 Å². The summed E-state index contributed by atoms with van der Waals surface area (Å²) < 4.78 is 5.47. The SMILES string of the molecule is O=Cc1cccc(Oc2c(Cl)cc([N+](=O)[O-])cc2Cl)c1. The molecule has 0 N–H and O–H groups in total. The van der Waals surface area contributed by atoms with Crippen LogP contribution in [0.3, 0.4) is 0 Å². The number of carbonyl (C=O) groups excluding carboxylic acids is 1. The van der Waals surface area contributed by atoms with E-state index in [4.69, 9.17) is 27.9 Å². The maximum absolute atomic E-state index is 10.7. The molecule has 0 saturated heterocycles. The molecule has 20 heavy (non-hydrogen) atoms. The van der Waals surface area contributed by atoms with Crippen molar-refractivity contribution in [3.8, 4) is 11.5 Å². The van der Waals surface area contributed by atoms with Crippen LogP contribution in [0, 0.1) is 10.1 Å². The van der Waals surface area contributed by atoms with E-state index in [1.54, 1.807) is 18.2 Å². The Labute approximate surface area is 123 Å². The maximum atomic E-state index is 10.7. The number of nitrogens with zero attached hydrogens (tertiary/aromatic N) is 1. The molecule has 2 rings (SSSR count). The van der Waals surface area contributed by atoms with Gasteiger partial charge in [-0.05, 0) is 12.1 Å². The van der Waals surface area contributed by atoms with Crippen LogP contribution in [0.4, 0.5) is 5.69 Å². The summed E-state index contributed by atoms with van der Waals surface area (Å²) in [6.45, 7) is 0. The molecule has 0 heterocycles. The second-order valence-electron chi connectivity index (χ2n) is 3.79. The van der Waals surface area contributed by atoms with E-state index in [-0.39, 0.29) is 21.5 Å². The van der Waals surface area contributed by atoms with Crippen LogP contribution in [0.2, 0.25) is 10.0 Å². The Morgan fingerprint density at radius 3 is 2.35 bits per heavy atom. The molecule has 5 nitrogen and oxygen atoms in total. The monoisotopic (exact) mass is 311 g/mol. The molecule has 0 fully saturated rings. The van der Waals surface area contributed by atoms with Crippen LogP contribution in [0.5, 0.6) is 11.5 Å². The highest BCUT2D eigenvalue weighted by Gasteiger charge is 2.16. The van der Waals surface area contributed by atoms with E-state index < -0.39 is 4.92 Å². The van der Waals surface area contributed by atoms with E-state index in [2.05, 4.69) is 0 Å². The molecule has 2 aromatic rings. The first-order chi connectivity index (χ1) is 9.51. The Kier molecular flexibility index (Phi) is 4.22. The molecule has 0 bridgehead atoms. The first-order valence-corrected chi connectivity index (χ1v) is 6.13. The summed E-state index contributed by atoms with van der Waals surface area (Å²) in [5.41, 5.74) is 0.200. The highest BCUT2D eigenvalue weighted by molar-refractivity contribution is 6.37. The van der Waals surface area contributed by atoms with Crippen molar-refractivity contribution >= 4 is 35.2 Å². The van der Waals surface area contributed by atoms with Gasteiger partial charge in [0.2, 0.25) is 0 Å². The molecule has 7 heteroatoms. The van der Waals surface area contributed by atoms with Gasteiger partial charge in [-0.3, -0.25) is 14.9 Å². The van der Waals surface area contributed by atoms with E-state index in [0.717, 1.165) is 12.1 Å². The summed E-state index contributed by atoms with van der Waals surface area (Å²) in [5, 5.41) is 10.7. The average molecular weight is 312 g/mol. The van der Waals surface area contributed by atoms with Crippen LogP contribution in [0.25, 0.3) is 0 Å². The number of ether oxygens (including phenoxy) is 1. The number of rotatable bonds is 4. The summed E-state index contributed by atoms with van der Waals surface area (Å²) in [6, 6.07) is 8.64. The smallest absolute Gasteiger partial charge is 0.272 e. The molecule has 0 amide bonds. The minimum Gasteiger partial charge on any atom is -0.454 e. The molecule has 0 spiro atoms. The lowest BCUT2D eigenvalue weighted by molar-refractivity contribution is -0.384. The van der Waals surface area contributed by atoms with Gasteiger partial charge in [-0.25, -0.2) is 0 Å². The Balaban J connectivity index is 2.38. The highest BCUT2D eigenvalue weighted by atomic mass is 35.5. The minimum atomic E-state index is -0.603. The van der Waals surface area contributed by atoms with Gasteiger partial charge in [0.15, 0.2) is 5.75 Å². The van der Waals surface area contributed by atoms with E-state index >= 15 is 0 Å². The van der Waals surface area contributed by atoms with Crippen LogP contribution >= 0.6 is 23.2 Å². The van der Waals surface area contributed by atoms with Gasteiger partial charge in [-0.15, -0.1) is 0 Å². The molecular weight excluding hydrogens is 305 g/mol. The van der Waals surface area contributed by atoms with Crippen LogP contribution < -0.4 is 4.74 Å². The quantitative estimate of drug-likeness (QED) is 0.473. The van der Waals surface area contributed by atoms with Crippen molar-refractivity contribution in [2.45, 2.75) is 0 Å². The first-order valence-electron chi connectivity index (χ1n) is 5.38. The number of nitro groups is 1. The van der Waals surface area contributed by atoms with Crippen LogP contribution in [-0.2, 0) is 0 Å². The van der Waals surface area contributed by atoms with Crippen LogP contribution in [0.15, 0.2) is 36.4 Å². The minimum absolute atomic E-state index is 0.0145. The van der Waals surface area contributed by atoms with Crippen LogP contribution in [0.1, 0.15) is 10.4 Å². The van der Waals surface area contributed by atoms with Crippen molar-refractivity contribution in [3.63, 3.8) is 0 Å². The molecule has 0 atom stereocenters. The normalized spacial score (nSPS) is 10.1. The molecule has 0 aliphatic heterocycles. The number of halogens is 2. The molecule has 0 saturated carbocycles. The zero-order chi connectivity index (χ0) is 14.7. The number of non-ortho nitro benzene ring substituents is 1. The van der Waals surface area contributed by atoms with Crippen molar-refractivity contribution in [1.29, 1.82) is 0 Å². The number of carbonyl (C=O) groups is 1. The number of aldehydes is 1. The lowest BCUT2D eigenvalue weighted by atomic mass is 10.2. The van der Waals surface area contributed by atoms with Crippen molar-refractivity contribution in [2.75, 3.05) is 0 Å². The number of hydrogen-bond acceptors (Lipinski definition) is 4. The average Bonchev–Trinajstić information content (AvgIpc) is 2.42. The van der Waals surface area contributed by atoms with Gasteiger partial charge in [0.1, 0.15) is 12.0 Å². The molecule has 102 valence electrons. The van der Waals surface area contributed by atoms with Gasteiger partial charge in [-0.2, -0.15) is 0 Å². The van der Waals surface area contributed by atoms with Crippen molar-refractivity contribution < 1.29 is 14.5 Å². The van der Waals surface area contributed by atoms with Gasteiger partial charge in [-0.1, -0.05) is 35.3 Å². The zero-order valence-electron chi connectivity index (χ0n) is 9.88. The summed E-state index contributed by atoms with van der Waals surface area (Å²) in [6.07, 6.45) is 0.673. The Bertz CT molecular complexity index is 665. The van der Waals surface area contributed by atoms with Crippen molar-refractivity contribution in [2.24, 2.45) is 0 Å². The van der Waals surface area contributed by atoms with Gasteiger partial charge < -0.3 is 4.74 Å². The Morgan fingerprint density at radius 2 is 1.80 bits per heavy atom. The van der Waals surface area contributed by atoms with Crippen molar-refractivity contribution in [3.05, 3.63) is 62.1 Å². The van der Waals surface area contributed by atoms with Gasteiger partial charge in [0.25, 0.3) is 5.69 Å². The zero-order valence-corrected chi connectivity index (χ0v) is 11.4. The molecule has 2 aromatic carbocycles. The lowest BCUT2D eigenvalue weighted by Crippen LogP contribution is -1.92. The van der Waals surface area contributed by atoms with Crippen LogP contribution in [-0.4, -0.2) is 11.2 Å². The Hall–Kier alpha value is -2.11. The van der Waals surface area contributed by atoms with Crippen molar-refractivity contribution in [1.82, 2.24) is 0 Å². The molecule has 0 unspecified atom stereocenters. The largest absolute Gasteiger partial charge is 0.454 e. The van der Waals surface area contributed by atoms with E-state index in [9.17, 15) is 14.9 Å². The van der Waals surface area contributed by atoms with Gasteiger partial charge in [0.05, 0.1) is 15.0 Å². The summed E-state index contributed by atoms with van der Waals surface area (Å²) >= 11 is 11.8. The third-order valence-electron chi connectivity index (χ3n) is 2.41. The van der Waals surface area contributed by atoms with Gasteiger partial charge in [0, 0.05) is 17.7 Å². The second kappa shape index (κ2) is 5.90. The van der Waals surface area contributed by atoms with Gasteiger partial charge >= 0.3 is 0 Å². The number of benzene rings is 2. The molecule has 0 aromatic heterocycles. The van der Waals surface area contributed by atoms with E-state index in [0.29, 0.717) is 17.6 Å². The standard InChI is InChI=1S/C13H7Cl2NO4/c14-11-5-9(16(18)19)6-12(15)13(11)20-10-3-1-2-8(4-10)7-17/h1-7H. The molecule has 0 aliphatic rings. The fraction of sp³-hybridized carbons (Fsp3) is 0. The summed E-state index contributed by atoms with van der Waals surface area (Å²) in [4.78, 5) is 20.7. The summed E-state index contributed by atoms with van der Waals surface area (Å²) in [5.74, 6) is 0.453. The topological polar surface area (TPSA) is 69.4 Å². The second-order valence-corrected chi connectivity index (χ2v) is 4.60. The molecule has 0 radical (unpaired) electrons. The predicted molar refractivity (Wildman–Crippen MR) is 75.0 cm³/mol. The third kappa shape index (κ3) is 3.07. The fourth-order valence-electron chi connectivity index (χ4n) is 1.52. The molecular formula is C13H7Cl2NO4. The summed E-state index contributed by atoms with van der Waals surface area (Å²) in [7, 11) is 0. The number of nitro benzene ring substituents is 1. The highest BCUT2D eigenvalue weighted by Crippen LogP contribution is 2.39. The fourth-order valence-corrected chi connectivity index (χ4v) is 2.07. The lowest BCUT2D eigenvalue weighted by Gasteiger charge is -2.09. The first kappa shape index (κ1) is 14.3. The van der Waals surface area contributed by atoms with E-state index in [1.807, 2.05) is 0 Å². The third-order valence-corrected chi connectivity index (χ3v) is 2.97. The maximum Gasteiger partial charge on any atom is 0.272 e. The predicted octanol–water partition coefficient (Wildman–Crippen LogP) is 4.51. The number of hydrogen-bond donors (Lipinski definition) is 0. The molecule has 0 aliphatic carbocycles.